The van der Waals surface area contributed by atoms with Gasteiger partial charge < -0.3 is 14.8 Å². The van der Waals surface area contributed by atoms with Crippen molar-refractivity contribution in [2.45, 2.75) is 39.3 Å². The molecule has 0 aliphatic carbocycles. The smallest absolute Gasteiger partial charge is 0.307 e. The summed E-state index contributed by atoms with van der Waals surface area (Å²) in [5.41, 5.74) is 3.57. The molecular weight excluding hydrogens is 322 g/mol. The molecule has 1 N–H and O–H groups in total. The average Bonchev–Trinajstić information content (AvgIpc) is 3.15. The molecular formula is C18H23N3O2S. The van der Waals surface area contributed by atoms with Crippen LogP contribution in [-0.4, -0.2) is 29.6 Å². The summed E-state index contributed by atoms with van der Waals surface area (Å²) < 4.78 is 1.66. The van der Waals surface area contributed by atoms with Gasteiger partial charge in [0.2, 0.25) is 5.91 Å². The van der Waals surface area contributed by atoms with Gasteiger partial charge in [0, 0.05) is 48.9 Å². The Labute approximate surface area is 145 Å². The van der Waals surface area contributed by atoms with E-state index in [-0.39, 0.29) is 16.8 Å². The van der Waals surface area contributed by atoms with Crippen molar-refractivity contribution in [3.05, 3.63) is 50.6 Å². The van der Waals surface area contributed by atoms with E-state index in [0.29, 0.717) is 19.5 Å². The molecule has 24 heavy (non-hydrogen) atoms. The molecule has 5 nitrogen and oxygen atoms in total. The molecule has 1 aliphatic rings. The Morgan fingerprint density at radius 2 is 2.17 bits per heavy atom. The van der Waals surface area contributed by atoms with Crippen molar-refractivity contribution in [1.29, 1.82) is 0 Å². The van der Waals surface area contributed by atoms with E-state index in [4.69, 9.17) is 0 Å². The van der Waals surface area contributed by atoms with E-state index in [1.54, 1.807) is 4.57 Å². The van der Waals surface area contributed by atoms with E-state index < -0.39 is 0 Å². The molecule has 0 bridgehead atoms. The number of rotatable bonds is 6. The first-order valence-electron chi connectivity index (χ1n) is 8.32. The van der Waals surface area contributed by atoms with Gasteiger partial charge in [-0.3, -0.25) is 9.59 Å². The highest BCUT2D eigenvalue weighted by Gasteiger charge is 2.23. The third-order valence-electron chi connectivity index (χ3n) is 4.59. The summed E-state index contributed by atoms with van der Waals surface area (Å²) in [6, 6.07) is 8.70. The second-order valence-corrected chi connectivity index (χ2v) is 7.09. The summed E-state index contributed by atoms with van der Waals surface area (Å²) in [4.78, 5) is 26.1. The van der Waals surface area contributed by atoms with Crippen LogP contribution in [0.15, 0.2) is 34.4 Å². The van der Waals surface area contributed by atoms with Crippen LogP contribution in [0.3, 0.4) is 0 Å². The fourth-order valence-electron chi connectivity index (χ4n) is 3.17. The first-order chi connectivity index (χ1) is 11.6. The van der Waals surface area contributed by atoms with E-state index >= 15 is 0 Å². The monoisotopic (exact) mass is 345 g/mol. The summed E-state index contributed by atoms with van der Waals surface area (Å²) in [5, 5.41) is 4.83. The molecule has 3 rings (SSSR count). The number of hydrogen-bond acceptors (Lipinski definition) is 4. The van der Waals surface area contributed by atoms with Crippen LogP contribution in [0, 0.1) is 6.92 Å². The number of benzene rings is 1. The lowest BCUT2D eigenvalue weighted by Crippen LogP contribution is -2.41. The number of anilines is 1. The van der Waals surface area contributed by atoms with Gasteiger partial charge in [0.25, 0.3) is 0 Å². The fraction of sp³-hybridized carbons (Fsp3) is 0.444. The van der Waals surface area contributed by atoms with Crippen LogP contribution in [-0.2, 0) is 17.8 Å². The van der Waals surface area contributed by atoms with Crippen LogP contribution in [0.4, 0.5) is 5.69 Å². The molecule has 1 aromatic carbocycles. The Morgan fingerprint density at radius 3 is 2.92 bits per heavy atom. The normalized spacial score (nSPS) is 14.5. The maximum absolute atomic E-state index is 12.1. The Morgan fingerprint density at radius 1 is 1.38 bits per heavy atom. The van der Waals surface area contributed by atoms with Crippen LogP contribution < -0.4 is 15.1 Å². The highest BCUT2D eigenvalue weighted by molar-refractivity contribution is 7.07. The van der Waals surface area contributed by atoms with Crippen molar-refractivity contribution in [3.8, 4) is 0 Å². The lowest BCUT2D eigenvalue weighted by Gasteiger charge is -2.27. The van der Waals surface area contributed by atoms with Gasteiger partial charge >= 0.3 is 4.87 Å². The molecule has 1 aliphatic heterocycles. The maximum Gasteiger partial charge on any atom is 0.307 e. The summed E-state index contributed by atoms with van der Waals surface area (Å²) in [7, 11) is 0. The van der Waals surface area contributed by atoms with E-state index in [9.17, 15) is 9.59 Å². The molecule has 1 aromatic heterocycles. The molecule has 2 heterocycles. The predicted octanol–water partition coefficient (Wildman–Crippen LogP) is 2.18. The van der Waals surface area contributed by atoms with Gasteiger partial charge in [0.15, 0.2) is 0 Å². The molecule has 0 radical (unpaired) electrons. The van der Waals surface area contributed by atoms with E-state index in [1.165, 1.54) is 22.6 Å². The second kappa shape index (κ2) is 7.21. The van der Waals surface area contributed by atoms with Gasteiger partial charge in [-0.15, -0.1) is 0 Å². The van der Waals surface area contributed by atoms with Gasteiger partial charge in [0.1, 0.15) is 0 Å². The SMILES string of the molecule is Cc1csc(=O)n1CCC(=O)NCC(C)N1CCc2ccccc21. The highest BCUT2D eigenvalue weighted by atomic mass is 32.1. The van der Waals surface area contributed by atoms with Gasteiger partial charge in [-0.1, -0.05) is 29.5 Å². The summed E-state index contributed by atoms with van der Waals surface area (Å²) in [6.07, 6.45) is 1.40. The van der Waals surface area contributed by atoms with Gasteiger partial charge in [-0.2, -0.15) is 0 Å². The molecule has 0 saturated carbocycles. The molecule has 6 heteroatoms. The van der Waals surface area contributed by atoms with Crippen molar-refractivity contribution >= 4 is 22.9 Å². The third kappa shape index (κ3) is 3.53. The molecule has 128 valence electrons. The number of aromatic nitrogens is 1. The Bertz CT molecular complexity index is 781. The maximum atomic E-state index is 12.1. The zero-order chi connectivity index (χ0) is 17.1. The number of amides is 1. The topological polar surface area (TPSA) is 54.3 Å². The number of para-hydroxylation sites is 1. The minimum absolute atomic E-state index is 0.00217. The fourth-order valence-corrected chi connectivity index (χ4v) is 3.93. The van der Waals surface area contributed by atoms with Crippen LogP contribution in [0.2, 0.25) is 0 Å². The van der Waals surface area contributed by atoms with Crippen LogP contribution in [0.1, 0.15) is 24.6 Å². The number of thiazole rings is 1. The van der Waals surface area contributed by atoms with E-state index in [2.05, 4.69) is 41.4 Å². The highest BCUT2D eigenvalue weighted by Crippen LogP contribution is 2.28. The number of aryl methyl sites for hydroxylation is 1. The summed E-state index contributed by atoms with van der Waals surface area (Å²) in [6.45, 7) is 6.09. The van der Waals surface area contributed by atoms with E-state index in [0.717, 1.165) is 18.7 Å². The number of fused-ring (bicyclic) bond motifs is 1. The lowest BCUT2D eigenvalue weighted by atomic mass is 10.2. The molecule has 2 aromatic rings. The van der Waals surface area contributed by atoms with Gasteiger partial charge in [0.05, 0.1) is 0 Å². The number of nitrogens with zero attached hydrogens (tertiary/aromatic N) is 2. The predicted molar refractivity (Wildman–Crippen MR) is 97.9 cm³/mol. The molecule has 1 unspecified atom stereocenters. The lowest BCUT2D eigenvalue weighted by molar-refractivity contribution is -0.121. The van der Waals surface area contributed by atoms with Crippen molar-refractivity contribution in [3.63, 3.8) is 0 Å². The van der Waals surface area contributed by atoms with Crippen LogP contribution in [0.5, 0.6) is 0 Å². The Balaban J connectivity index is 1.49. The molecule has 1 amide bonds. The standard InChI is InChI=1S/C18H23N3O2S/c1-13(20-9-7-15-5-3-4-6-16(15)20)11-19-17(22)8-10-21-14(2)12-24-18(21)23/h3-6,12-13H,7-11H2,1-2H3,(H,19,22). The zero-order valence-corrected chi connectivity index (χ0v) is 14.9. The van der Waals surface area contributed by atoms with Crippen molar-refractivity contribution in [2.75, 3.05) is 18.0 Å². The van der Waals surface area contributed by atoms with Crippen molar-refractivity contribution < 1.29 is 4.79 Å². The van der Waals surface area contributed by atoms with Crippen LogP contribution >= 0.6 is 11.3 Å². The Hall–Kier alpha value is -2.08. The Kier molecular flexibility index (Phi) is 5.04. The third-order valence-corrected chi connectivity index (χ3v) is 5.47. The van der Waals surface area contributed by atoms with E-state index in [1.807, 2.05) is 12.3 Å². The molecule has 0 fully saturated rings. The number of carbonyl (C=O) groups excluding carboxylic acids is 1. The zero-order valence-electron chi connectivity index (χ0n) is 14.1. The second-order valence-electron chi connectivity index (χ2n) is 6.27. The van der Waals surface area contributed by atoms with Crippen LogP contribution in [0.25, 0.3) is 0 Å². The van der Waals surface area contributed by atoms with Gasteiger partial charge in [-0.25, -0.2) is 0 Å². The molecule has 0 saturated heterocycles. The molecule has 1 atom stereocenters. The van der Waals surface area contributed by atoms with Gasteiger partial charge in [-0.05, 0) is 31.9 Å². The largest absolute Gasteiger partial charge is 0.366 e. The summed E-state index contributed by atoms with van der Waals surface area (Å²) >= 11 is 1.18. The summed E-state index contributed by atoms with van der Waals surface area (Å²) in [5.74, 6) is -0.00756. The molecule has 0 spiro atoms. The number of carbonyl (C=O) groups is 1. The quantitative estimate of drug-likeness (QED) is 0.873. The minimum Gasteiger partial charge on any atom is -0.366 e. The first-order valence-corrected chi connectivity index (χ1v) is 9.20. The average molecular weight is 345 g/mol. The van der Waals surface area contributed by atoms with Crippen molar-refractivity contribution in [1.82, 2.24) is 9.88 Å². The first kappa shape index (κ1) is 16.8. The van der Waals surface area contributed by atoms with Crippen molar-refractivity contribution in [2.24, 2.45) is 0 Å². The number of nitrogens with one attached hydrogen (secondary N) is 1. The number of hydrogen-bond donors (Lipinski definition) is 1. The minimum atomic E-state index is -0.00756.